The summed E-state index contributed by atoms with van der Waals surface area (Å²) in [5.74, 6) is 0.338. The van der Waals surface area contributed by atoms with Crippen molar-refractivity contribution in [3.63, 3.8) is 0 Å². The van der Waals surface area contributed by atoms with Crippen LogP contribution in [0.4, 0.5) is 21.6 Å². The second kappa shape index (κ2) is 9.00. The van der Waals surface area contributed by atoms with Gasteiger partial charge in [0.15, 0.2) is 0 Å². The van der Waals surface area contributed by atoms with Crippen molar-refractivity contribution in [3.05, 3.63) is 64.2 Å². The molecule has 156 valence electrons. The Bertz CT molecular complexity index is 1050. The van der Waals surface area contributed by atoms with Crippen LogP contribution in [0.15, 0.2) is 42.7 Å². The lowest BCUT2D eigenvalue weighted by Gasteiger charge is -2.29. The van der Waals surface area contributed by atoms with Crippen LogP contribution in [0.25, 0.3) is 10.9 Å². The van der Waals surface area contributed by atoms with Crippen LogP contribution < -0.4 is 15.5 Å². The number of hydrogen-bond acceptors (Lipinski definition) is 7. The van der Waals surface area contributed by atoms with Gasteiger partial charge >= 0.3 is 0 Å². The van der Waals surface area contributed by atoms with E-state index in [9.17, 15) is 14.5 Å². The minimum Gasteiger partial charge on any atom is -0.369 e. The minimum absolute atomic E-state index is 0.0496. The third-order valence-electron chi connectivity index (χ3n) is 5.26. The molecule has 3 aromatic rings. The van der Waals surface area contributed by atoms with Crippen LogP contribution >= 0.6 is 0 Å². The zero-order valence-electron chi connectivity index (χ0n) is 16.5. The third-order valence-corrected chi connectivity index (χ3v) is 5.26. The molecule has 1 aliphatic rings. The summed E-state index contributed by atoms with van der Waals surface area (Å²) < 4.78 is 13.7. The molecule has 0 spiro atoms. The van der Waals surface area contributed by atoms with Gasteiger partial charge in [0.25, 0.3) is 5.69 Å². The highest BCUT2D eigenvalue weighted by Gasteiger charge is 2.23. The molecule has 4 rings (SSSR count). The number of nitrogens with one attached hydrogen (secondary N) is 2. The van der Waals surface area contributed by atoms with E-state index in [0.717, 1.165) is 13.1 Å². The summed E-state index contributed by atoms with van der Waals surface area (Å²) in [5, 5.41) is 18.8. The van der Waals surface area contributed by atoms with E-state index < -0.39 is 0 Å². The Hall–Kier alpha value is -3.33. The van der Waals surface area contributed by atoms with E-state index in [0.29, 0.717) is 60.4 Å². The van der Waals surface area contributed by atoms with Gasteiger partial charge in [-0.15, -0.1) is 0 Å². The Morgan fingerprint density at radius 3 is 2.77 bits per heavy atom. The van der Waals surface area contributed by atoms with Gasteiger partial charge < -0.3 is 15.5 Å². The molecule has 1 aromatic heterocycles. The fourth-order valence-electron chi connectivity index (χ4n) is 3.71. The largest absolute Gasteiger partial charge is 0.369 e. The molecule has 0 aliphatic carbocycles. The molecule has 2 N–H and O–H groups in total. The van der Waals surface area contributed by atoms with Crippen molar-refractivity contribution < 1.29 is 9.31 Å². The number of rotatable bonds is 7. The van der Waals surface area contributed by atoms with Crippen LogP contribution in [0.2, 0.25) is 0 Å². The Morgan fingerprint density at radius 1 is 1.20 bits per heavy atom. The number of halogens is 1. The monoisotopic (exact) mass is 410 g/mol. The summed E-state index contributed by atoms with van der Waals surface area (Å²) in [7, 11) is 0. The van der Waals surface area contributed by atoms with Crippen LogP contribution in [-0.4, -0.2) is 47.6 Å². The highest BCUT2D eigenvalue weighted by Crippen LogP contribution is 2.34. The predicted octanol–water partition coefficient (Wildman–Crippen LogP) is 3.13. The number of benzene rings is 2. The summed E-state index contributed by atoms with van der Waals surface area (Å²) in [6.07, 6.45) is 2.75. The average Bonchev–Trinajstić information content (AvgIpc) is 2.77. The Morgan fingerprint density at radius 2 is 2.00 bits per heavy atom. The van der Waals surface area contributed by atoms with Crippen molar-refractivity contribution in [2.75, 3.05) is 42.9 Å². The molecule has 0 unspecified atom stereocenters. The van der Waals surface area contributed by atoms with E-state index in [1.165, 1.54) is 12.4 Å². The lowest BCUT2D eigenvalue weighted by atomic mass is 10.1. The topological polar surface area (TPSA) is 96.2 Å². The Balaban J connectivity index is 1.54. The van der Waals surface area contributed by atoms with Crippen LogP contribution in [0.5, 0.6) is 0 Å². The maximum Gasteiger partial charge on any atom is 0.293 e. The second-order valence-electron chi connectivity index (χ2n) is 7.20. The maximum absolute atomic E-state index is 13.7. The van der Waals surface area contributed by atoms with E-state index in [1.54, 1.807) is 24.3 Å². The van der Waals surface area contributed by atoms with Gasteiger partial charge in [0.2, 0.25) is 0 Å². The number of hydrogen-bond donors (Lipinski definition) is 2. The second-order valence-corrected chi connectivity index (χ2v) is 7.20. The Labute approximate surface area is 173 Å². The van der Waals surface area contributed by atoms with Crippen LogP contribution in [0, 0.1) is 15.9 Å². The van der Waals surface area contributed by atoms with Crippen LogP contribution in [0.1, 0.15) is 12.0 Å². The summed E-state index contributed by atoms with van der Waals surface area (Å²) in [5.41, 5.74) is 1.95. The molecule has 8 nitrogen and oxygen atoms in total. The van der Waals surface area contributed by atoms with Crippen molar-refractivity contribution in [1.29, 1.82) is 0 Å². The zero-order chi connectivity index (χ0) is 20.9. The van der Waals surface area contributed by atoms with Gasteiger partial charge in [-0.25, -0.2) is 14.4 Å². The maximum atomic E-state index is 13.7. The first kappa shape index (κ1) is 20.0. The van der Waals surface area contributed by atoms with E-state index >= 15 is 0 Å². The molecule has 0 radical (unpaired) electrons. The molecular formula is C21H23FN6O2. The number of aromatic nitrogens is 2. The van der Waals surface area contributed by atoms with Gasteiger partial charge in [-0.1, -0.05) is 18.2 Å². The van der Waals surface area contributed by atoms with E-state index in [1.807, 2.05) is 11.0 Å². The highest BCUT2D eigenvalue weighted by atomic mass is 19.1. The molecule has 2 heterocycles. The van der Waals surface area contributed by atoms with Crippen molar-refractivity contribution in [1.82, 2.24) is 15.3 Å². The van der Waals surface area contributed by atoms with Crippen molar-refractivity contribution in [3.8, 4) is 0 Å². The summed E-state index contributed by atoms with van der Waals surface area (Å²) >= 11 is 0. The molecule has 2 aromatic carbocycles. The van der Waals surface area contributed by atoms with E-state index in [2.05, 4.69) is 20.6 Å². The van der Waals surface area contributed by atoms with Gasteiger partial charge in [-0.3, -0.25) is 10.1 Å². The molecule has 0 atom stereocenters. The molecule has 30 heavy (non-hydrogen) atoms. The number of aryl methyl sites for hydroxylation is 1. The highest BCUT2D eigenvalue weighted by molar-refractivity contribution is 5.94. The standard InChI is InChI=1S/C21H23FN6O2/c22-17-6-2-1-4-15(17)5-3-7-24-21-16-12-20(28(29)30)19(13-18(16)25-14-26-21)27-10-8-23-9-11-27/h1-2,4,6,12-14,23H,3,5,7-11H2,(H,24,25,26). The van der Waals surface area contributed by atoms with Crippen LogP contribution in [-0.2, 0) is 6.42 Å². The van der Waals surface area contributed by atoms with Gasteiger partial charge in [-0.2, -0.15) is 0 Å². The summed E-state index contributed by atoms with van der Waals surface area (Å²) in [6.45, 7) is 3.55. The third kappa shape index (κ3) is 4.30. The summed E-state index contributed by atoms with van der Waals surface area (Å²) in [4.78, 5) is 22.0. The average molecular weight is 410 g/mol. The molecule has 0 saturated carbocycles. The minimum atomic E-state index is -0.355. The molecule has 1 saturated heterocycles. The smallest absolute Gasteiger partial charge is 0.293 e. The van der Waals surface area contributed by atoms with Crippen molar-refractivity contribution in [2.24, 2.45) is 0 Å². The van der Waals surface area contributed by atoms with Crippen LogP contribution in [0.3, 0.4) is 0 Å². The lowest BCUT2D eigenvalue weighted by Crippen LogP contribution is -2.43. The fraction of sp³-hybridized carbons (Fsp3) is 0.333. The first-order valence-electron chi connectivity index (χ1n) is 9.99. The lowest BCUT2D eigenvalue weighted by molar-refractivity contribution is -0.384. The molecule has 9 heteroatoms. The number of fused-ring (bicyclic) bond motifs is 1. The number of anilines is 2. The number of nitro benzene ring substituents is 1. The molecular weight excluding hydrogens is 387 g/mol. The van der Waals surface area contributed by atoms with Gasteiger partial charge in [-0.05, 0) is 30.5 Å². The zero-order valence-corrected chi connectivity index (χ0v) is 16.5. The number of nitrogens with zero attached hydrogens (tertiary/aromatic N) is 4. The number of nitro groups is 1. The normalized spacial score (nSPS) is 14.1. The van der Waals surface area contributed by atoms with E-state index in [4.69, 9.17) is 0 Å². The Kier molecular flexibility index (Phi) is 5.99. The SMILES string of the molecule is O=[N+]([O-])c1cc2c(NCCCc3ccccc3F)ncnc2cc1N1CCNCC1. The first-order chi connectivity index (χ1) is 14.6. The van der Waals surface area contributed by atoms with Crippen molar-refractivity contribution >= 4 is 28.1 Å². The molecule has 0 amide bonds. The molecule has 1 aliphatic heterocycles. The quantitative estimate of drug-likeness (QED) is 0.351. The predicted molar refractivity (Wildman–Crippen MR) is 114 cm³/mol. The molecule has 0 bridgehead atoms. The first-order valence-corrected chi connectivity index (χ1v) is 9.99. The van der Waals surface area contributed by atoms with Gasteiger partial charge in [0.1, 0.15) is 23.6 Å². The fourth-order valence-corrected chi connectivity index (χ4v) is 3.71. The van der Waals surface area contributed by atoms with E-state index in [-0.39, 0.29) is 16.4 Å². The van der Waals surface area contributed by atoms with Crippen molar-refractivity contribution in [2.45, 2.75) is 12.8 Å². The van der Waals surface area contributed by atoms with Gasteiger partial charge in [0, 0.05) is 44.2 Å². The summed E-state index contributed by atoms with van der Waals surface area (Å²) in [6, 6.07) is 10.0. The molecule has 1 fully saturated rings. The van der Waals surface area contributed by atoms with Gasteiger partial charge in [0.05, 0.1) is 10.4 Å². The number of piperazine rings is 1.